The van der Waals surface area contributed by atoms with Gasteiger partial charge in [0.1, 0.15) is 0 Å². The number of guanidine groups is 1. The minimum Gasteiger partial charge on any atom is -0.385 e. The summed E-state index contributed by atoms with van der Waals surface area (Å²) in [4.78, 5) is 4.00. The van der Waals surface area contributed by atoms with Crippen molar-refractivity contribution in [2.75, 3.05) is 46.7 Å². The molecule has 0 aliphatic heterocycles. The summed E-state index contributed by atoms with van der Waals surface area (Å²) >= 11 is 0. The Kier molecular flexibility index (Phi) is 13.4. The molecular formula is C9H23IN4O3S. The number of methoxy groups -OCH3 is 1. The average Bonchev–Trinajstić information content (AvgIpc) is 2.25. The van der Waals surface area contributed by atoms with Crippen molar-refractivity contribution in [3.63, 3.8) is 0 Å². The van der Waals surface area contributed by atoms with Crippen LogP contribution in [0, 0.1) is 0 Å². The van der Waals surface area contributed by atoms with Gasteiger partial charge in [0.2, 0.25) is 10.0 Å². The van der Waals surface area contributed by atoms with Gasteiger partial charge in [-0.2, -0.15) is 0 Å². The van der Waals surface area contributed by atoms with Crippen molar-refractivity contribution >= 4 is 40.0 Å². The largest absolute Gasteiger partial charge is 0.385 e. The maximum atomic E-state index is 10.8. The van der Waals surface area contributed by atoms with Crippen molar-refractivity contribution in [1.82, 2.24) is 15.4 Å². The van der Waals surface area contributed by atoms with Crippen LogP contribution in [0.4, 0.5) is 0 Å². The molecule has 110 valence electrons. The van der Waals surface area contributed by atoms with Gasteiger partial charge in [0.15, 0.2) is 5.96 Å². The number of nitrogens with one attached hydrogen (secondary N) is 3. The van der Waals surface area contributed by atoms with Gasteiger partial charge in [-0.25, -0.2) is 13.1 Å². The van der Waals surface area contributed by atoms with Crippen LogP contribution in [0.2, 0.25) is 0 Å². The Morgan fingerprint density at radius 2 is 1.83 bits per heavy atom. The first-order valence-electron chi connectivity index (χ1n) is 5.37. The molecule has 0 aromatic rings. The first kappa shape index (κ1) is 20.2. The van der Waals surface area contributed by atoms with E-state index in [0.29, 0.717) is 25.7 Å². The molecular weight excluding hydrogens is 371 g/mol. The first-order chi connectivity index (χ1) is 7.99. The molecule has 0 bridgehead atoms. The minimum absolute atomic E-state index is 0. The number of rotatable bonds is 8. The van der Waals surface area contributed by atoms with Crippen LogP contribution in [0.3, 0.4) is 0 Å². The minimum atomic E-state index is -3.12. The van der Waals surface area contributed by atoms with Gasteiger partial charge in [-0.1, -0.05) is 0 Å². The number of hydrogen-bond donors (Lipinski definition) is 3. The molecule has 0 aliphatic carbocycles. The zero-order valence-electron chi connectivity index (χ0n) is 11.0. The Labute approximate surface area is 126 Å². The number of sulfonamides is 1. The summed E-state index contributed by atoms with van der Waals surface area (Å²) < 4.78 is 28.9. The van der Waals surface area contributed by atoms with Gasteiger partial charge in [-0.05, 0) is 6.42 Å². The Hall–Kier alpha value is -0.130. The molecule has 0 atom stereocenters. The molecule has 9 heteroatoms. The van der Waals surface area contributed by atoms with Crippen LogP contribution >= 0.6 is 24.0 Å². The molecule has 0 rings (SSSR count). The molecule has 0 saturated heterocycles. The molecule has 0 radical (unpaired) electrons. The number of nitrogens with zero attached hydrogens (tertiary/aromatic N) is 1. The fourth-order valence-electron chi connectivity index (χ4n) is 1.06. The Balaban J connectivity index is 0. The Bertz CT molecular complexity index is 322. The van der Waals surface area contributed by atoms with Crippen molar-refractivity contribution in [1.29, 1.82) is 0 Å². The zero-order chi connectivity index (χ0) is 13.1. The summed E-state index contributed by atoms with van der Waals surface area (Å²) in [6.45, 7) is 2.27. The Morgan fingerprint density at radius 1 is 1.22 bits per heavy atom. The third-order valence-electron chi connectivity index (χ3n) is 1.82. The van der Waals surface area contributed by atoms with E-state index in [4.69, 9.17) is 4.74 Å². The van der Waals surface area contributed by atoms with E-state index in [2.05, 4.69) is 20.3 Å². The lowest BCUT2D eigenvalue weighted by molar-refractivity contribution is 0.195. The monoisotopic (exact) mass is 394 g/mol. The quantitative estimate of drug-likeness (QED) is 0.220. The molecule has 0 aromatic carbocycles. The van der Waals surface area contributed by atoms with Crippen LogP contribution in [0.25, 0.3) is 0 Å². The van der Waals surface area contributed by atoms with Crippen LogP contribution in [0.1, 0.15) is 6.42 Å². The van der Waals surface area contributed by atoms with Gasteiger partial charge in [0.05, 0.1) is 6.26 Å². The van der Waals surface area contributed by atoms with E-state index >= 15 is 0 Å². The SMILES string of the molecule is CN=C(NCCCOC)NCCNS(C)(=O)=O.I. The molecule has 0 heterocycles. The number of halogens is 1. The second-order valence-corrected chi connectivity index (χ2v) is 5.27. The zero-order valence-corrected chi connectivity index (χ0v) is 14.2. The van der Waals surface area contributed by atoms with E-state index < -0.39 is 10.0 Å². The standard InChI is InChI=1S/C9H22N4O3S.HI/c1-10-9(11-5-4-8-16-2)12-6-7-13-17(3,14)15;/h13H,4-8H2,1-3H3,(H2,10,11,12);1H. The third kappa shape index (κ3) is 13.9. The highest BCUT2D eigenvalue weighted by atomic mass is 127. The van der Waals surface area contributed by atoms with Gasteiger partial charge in [-0.3, -0.25) is 4.99 Å². The van der Waals surface area contributed by atoms with Gasteiger partial charge in [0, 0.05) is 40.4 Å². The average molecular weight is 394 g/mol. The van der Waals surface area contributed by atoms with Crippen molar-refractivity contribution in [2.24, 2.45) is 4.99 Å². The molecule has 0 unspecified atom stereocenters. The predicted octanol–water partition coefficient (Wildman–Crippen LogP) is -0.645. The van der Waals surface area contributed by atoms with E-state index in [1.165, 1.54) is 0 Å². The lowest BCUT2D eigenvalue weighted by Crippen LogP contribution is -2.41. The lowest BCUT2D eigenvalue weighted by atomic mass is 10.4. The van der Waals surface area contributed by atoms with Gasteiger partial charge in [0.25, 0.3) is 0 Å². The number of hydrogen-bond acceptors (Lipinski definition) is 4. The molecule has 0 amide bonds. The molecule has 0 aliphatic rings. The predicted molar refractivity (Wildman–Crippen MR) is 84.1 cm³/mol. The number of ether oxygens (including phenoxy) is 1. The maximum absolute atomic E-state index is 10.8. The number of aliphatic imine (C=N–C) groups is 1. The van der Waals surface area contributed by atoms with Crippen LogP contribution in [-0.4, -0.2) is 61.0 Å². The fourth-order valence-corrected chi connectivity index (χ4v) is 1.53. The molecule has 7 nitrogen and oxygen atoms in total. The summed E-state index contributed by atoms with van der Waals surface area (Å²) in [5, 5.41) is 6.07. The van der Waals surface area contributed by atoms with Crippen molar-refractivity contribution in [2.45, 2.75) is 6.42 Å². The highest BCUT2D eigenvalue weighted by molar-refractivity contribution is 14.0. The molecule has 18 heavy (non-hydrogen) atoms. The van der Waals surface area contributed by atoms with E-state index in [1.54, 1.807) is 14.2 Å². The Morgan fingerprint density at radius 3 is 2.33 bits per heavy atom. The van der Waals surface area contributed by atoms with Gasteiger partial charge in [-0.15, -0.1) is 24.0 Å². The van der Waals surface area contributed by atoms with E-state index in [1.807, 2.05) is 0 Å². The summed E-state index contributed by atoms with van der Waals surface area (Å²) in [5.74, 6) is 0.649. The van der Waals surface area contributed by atoms with Crippen LogP contribution < -0.4 is 15.4 Å². The summed E-state index contributed by atoms with van der Waals surface area (Å²) in [5.41, 5.74) is 0. The van der Waals surface area contributed by atoms with Crippen molar-refractivity contribution in [3.8, 4) is 0 Å². The second-order valence-electron chi connectivity index (χ2n) is 3.44. The first-order valence-corrected chi connectivity index (χ1v) is 7.27. The summed E-state index contributed by atoms with van der Waals surface area (Å²) in [6.07, 6.45) is 2.02. The lowest BCUT2D eigenvalue weighted by Gasteiger charge is -2.11. The summed E-state index contributed by atoms with van der Waals surface area (Å²) in [6, 6.07) is 0. The molecule has 0 saturated carbocycles. The van der Waals surface area contributed by atoms with Crippen molar-refractivity contribution < 1.29 is 13.2 Å². The third-order valence-corrected chi connectivity index (χ3v) is 2.55. The molecule has 3 N–H and O–H groups in total. The molecule has 0 fully saturated rings. The van der Waals surface area contributed by atoms with Crippen LogP contribution in [0.5, 0.6) is 0 Å². The van der Waals surface area contributed by atoms with Crippen molar-refractivity contribution in [3.05, 3.63) is 0 Å². The maximum Gasteiger partial charge on any atom is 0.208 e. The van der Waals surface area contributed by atoms with Crippen LogP contribution in [0.15, 0.2) is 4.99 Å². The van der Waals surface area contributed by atoms with E-state index in [0.717, 1.165) is 19.2 Å². The second kappa shape index (κ2) is 11.9. The fraction of sp³-hybridized carbons (Fsp3) is 0.889. The van der Waals surface area contributed by atoms with E-state index in [9.17, 15) is 8.42 Å². The van der Waals surface area contributed by atoms with Gasteiger partial charge >= 0.3 is 0 Å². The topological polar surface area (TPSA) is 91.8 Å². The molecule has 0 spiro atoms. The van der Waals surface area contributed by atoms with E-state index in [-0.39, 0.29) is 24.0 Å². The normalized spacial score (nSPS) is 11.8. The summed E-state index contributed by atoms with van der Waals surface area (Å²) in [7, 11) is 0.199. The smallest absolute Gasteiger partial charge is 0.208 e. The van der Waals surface area contributed by atoms with Crippen LogP contribution in [-0.2, 0) is 14.8 Å². The highest BCUT2D eigenvalue weighted by Gasteiger charge is 2.00. The molecule has 0 aromatic heterocycles. The highest BCUT2D eigenvalue weighted by Crippen LogP contribution is 1.77. The van der Waals surface area contributed by atoms with Gasteiger partial charge < -0.3 is 15.4 Å².